The van der Waals surface area contributed by atoms with E-state index in [2.05, 4.69) is 75.3 Å². The molecule has 1 fully saturated rings. The van der Waals surface area contributed by atoms with Crippen LogP contribution in [0.2, 0.25) is 0 Å². The molecule has 3 aromatic rings. The van der Waals surface area contributed by atoms with Crippen molar-refractivity contribution in [2.24, 2.45) is 0 Å². The summed E-state index contributed by atoms with van der Waals surface area (Å²) in [5, 5.41) is 7.49. The van der Waals surface area contributed by atoms with E-state index in [0.29, 0.717) is 6.54 Å². The first-order valence-electron chi connectivity index (χ1n) is 10.5. The molecule has 0 bridgehead atoms. The third-order valence-electron chi connectivity index (χ3n) is 5.63. The van der Waals surface area contributed by atoms with Gasteiger partial charge in [0.15, 0.2) is 0 Å². The van der Waals surface area contributed by atoms with Crippen LogP contribution in [0.25, 0.3) is 0 Å². The van der Waals surface area contributed by atoms with E-state index in [1.54, 1.807) is 11.3 Å². The first-order chi connectivity index (χ1) is 14.7. The monoisotopic (exact) mass is 439 g/mol. The second-order valence-corrected chi connectivity index (χ2v) is 9.89. The Labute approximate surface area is 187 Å². The number of carbonyl (C=O) groups excluding carboxylic acids is 1. The van der Waals surface area contributed by atoms with E-state index in [4.69, 9.17) is 0 Å². The third kappa shape index (κ3) is 5.79. The van der Waals surface area contributed by atoms with Gasteiger partial charge in [-0.15, -0.1) is 22.7 Å². The van der Waals surface area contributed by atoms with Crippen molar-refractivity contribution in [3.63, 3.8) is 0 Å². The minimum absolute atomic E-state index is 0.0785. The lowest BCUT2D eigenvalue weighted by Crippen LogP contribution is -2.50. The fraction of sp³-hybridized carbons (Fsp3) is 0.375. The number of nitrogens with zero attached hydrogens (tertiary/aromatic N) is 2. The Kier molecular flexibility index (Phi) is 7.33. The largest absolute Gasteiger partial charge is 0.343 e. The molecule has 1 amide bonds. The predicted molar refractivity (Wildman–Crippen MR) is 126 cm³/mol. The molecule has 4 nitrogen and oxygen atoms in total. The Balaban J connectivity index is 1.28. The fourth-order valence-corrected chi connectivity index (χ4v) is 5.34. The number of aryl methyl sites for hydroxylation is 1. The van der Waals surface area contributed by atoms with Gasteiger partial charge in [-0.05, 0) is 41.8 Å². The lowest BCUT2D eigenvalue weighted by atomic mass is 10.0. The predicted octanol–water partition coefficient (Wildman–Crippen LogP) is 4.18. The van der Waals surface area contributed by atoms with E-state index >= 15 is 0 Å². The Morgan fingerprint density at radius 3 is 2.33 bits per heavy atom. The maximum Gasteiger partial charge on any atom is 0.234 e. The van der Waals surface area contributed by atoms with Gasteiger partial charge in [-0.3, -0.25) is 9.69 Å². The average Bonchev–Trinajstić information content (AvgIpc) is 3.47. The van der Waals surface area contributed by atoms with Crippen molar-refractivity contribution in [2.45, 2.75) is 19.4 Å². The molecule has 3 heterocycles. The lowest BCUT2D eigenvalue weighted by Gasteiger charge is -2.34. The highest BCUT2D eigenvalue weighted by atomic mass is 32.1. The van der Waals surface area contributed by atoms with Crippen molar-refractivity contribution in [3.8, 4) is 0 Å². The van der Waals surface area contributed by atoms with Gasteiger partial charge in [-0.2, -0.15) is 0 Å². The second kappa shape index (κ2) is 10.4. The van der Waals surface area contributed by atoms with Crippen molar-refractivity contribution < 1.29 is 4.79 Å². The number of piperazine rings is 1. The number of hydrogen-bond acceptors (Lipinski definition) is 5. The molecule has 6 heteroatoms. The molecule has 1 atom stereocenters. The number of rotatable bonds is 8. The van der Waals surface area contributed by atoms with E-state index in [0.717, 1.165) is 44.7 Å². The van der Waals surface area contributed by atoms with Gasteiger partial charge >= 0.3 is 0 Å². The van der Waals surface area contributed by atoms with Gasteiger partial charge in [0.2, 0.25) is 5.91 Å². The summed E-state index contributed by atoms with van der Waals surface area (Å²) in [5.41, 5.74) is 2.36. The molecular weight excluding hydrogens is 410 g/mol. The Hall–Kier alpha value is -1.99. The molecule has 0 saturated carbocycles. The van der Waals surface area contributed by atoms with E-state index in [-0.39, 0.29) is 11.9 Å². The van der Waals surface area contributed by atoms with Gasteiger partial charge in [0.25, 0.3) is 0 Å². The summed E-state index contributed by atoms with van der Waals surface area (Å²) in [4.78, 5) is 20.3. The molecule has 0 spiro atoms. The van der Waals surface area contributed by atoms with Crippen molar-refractivity contribution in [3.05, 3.63) is 80.2 Å². The minimum atomic E-state index is -0.0785. The van der Waals surface area contributed by atoms with E-state index in [1.165, 1.54) is 15.3 Å². The Morgan fingerprint density at radius 1 is 0.967 bits per heavy atom. The zero-order chi connectivity index (χ0) is 20.8. The van der Waals surface area contributed by atoms with Crippen molar-refractivity contribution in [1.29, 1.82) is 0 Å². The van der Waals surface area contributed by atoms with Crippen LogP contribution in [-0.4, -0.2) is 55.0 Å². The summed E-state index contributed by atoms with van der Waals surface area (Å²) in [6.45, 7) is 7.62. The summed E-state index contributed by atoms with van der Waals surface area (Å²) in [6.07, 6.45) is 1.12. The molecule has 1 unspecified atom stereocenters. The second-order valence-electron chi connectivity index (χ2n) is 7.87. The van der Waals surface area contributed by atoms with Gasteiger partial charge in [0.1, 0.15) is 0 Å². The summed E-state index contributed by atoms with van der Waals surface area (Å²) in [7, 11) is 0. The van der Waals surface area contributed by atoms with Crippen LogP contribution in [0.1, 0.15) is 26.9 Å². The van der Waals surface area contributed by atoms with Crippen LogP contribution in [-0.2, 0) is 11.2 Å². The van der Waals surface area contributed by atoms with Gasteiger partial charge < -0.3 is 10.2 Å². The lowest BCUT2D eigenvalue weighted by molar-refractivity contribution is -0.123. The molecule has 1 saturated heterocycles. The molecule has 1 aliphatic heterocycles. The Bertz CT molecular complexity index is 899. The number of nitrogens with one attached hydrogen (secondary N) is 1. The first-order valence-corrected chi connectivity index (χ1v) is 12.3. The standard InChI is InChI=1S/C24H29N3OS2/c1-19-6-8-20(9-7-19)24(22-5-3-17-30-22)25-23(28)18-27-14-12-26(13-15-27)11-10-21-4-2-16-29-21/h2-9,16-17,24H,10-15,18H2,1H3,(H,25,28). The molecule has 2 aromatic heterocycles. The number of hydrogen-bond donors (Lipinski definition) is 1. The number of thiophene rings is 2. The molecule has 1 N–H and O–H groups in total. The zero-order valence-electron chi connectivity index (χ0n) is 17.4. The minimum Gasteiger partial charge on any atom is -0.343 e. The van der Waals surface area contributed by atoms with E-state index < -0.39 is 0 Å². The smallest absolute Gasteiger partial charge is 0.234 e. The van der Waals surface area contributed by atoms with Crippen LogP contribution < -0.4 is 5.32 Å². The molecule has 1 aromatic carbocycles. The zero-order valence-corrected chi connectivity index (χ0v) is 19.1. The van der Waals surface area contributed by atoms with Crippen LogP contribution in [0.5, 0.6) is 0 Å². The van der Waals surface area contributed by atoms with Crippen molar-refractivity contribution >= 4 is 28.6 Å². The SMILES string of the molecule is Cc1ccc(C(NC(=O)CN2CCN(CCc3cccs3)CC2)c2cccs2)cc1. The van der Waals surface area contributed by atoms with Gasteiger partial charge in [-0.1, -0.05) is 42.0 Å². The molecule has 1 aliphatic rings. The molecule has 0 radical (unpaired) electrons. The van der Waals surface area contributed by atoms with Crippen molar-refractivity contribution in [1.82, 2.24) is 15.1 Å². The summed E-state index contributed by atoms with van der Waals surface area (Å²) in [6, 6.07) is 16.9. The van der Waals surface area contributed by atoms with Crippen molar-refractivity contribution in [2.75, 3.05) is 39.3 Å². The molecule has 4 rings (SSSR count). The summed E-state index contributed by atoms with van der Waals surface area (Å²) >= 11 is 3.52. The van der Waals surface area contributed by atoms with Gasteiger partial charge in [0, 0.05) is 42.5 Å². The highest BCUT2D eigenvalue weighted by molar-refractivity contribution is 7.10. The maximum absolute atomic E-state index is 12.9. The number of carbonyl (C=O) groups is 1. The number of benzene rings is 1. The summed E-state index contributed by atoms with van der Waals surface area (Å²) in [5.74, 6) is 0.0982. The quantitative estimate of drug-likeness (QED) is 0.572. The van der Waals surface area contributed by atoms with Crippen LogP contribution >= 0.6 is 22.7 Å². The highest BCUT2D eigenvalue weighted by Gasteiger charge is 2.22. The maximum atomic E-state index is 12.9. The highest BCUT2D eigenvalue weighted by Crippen LogP contribution is 2.26. The molecular formula is C24H29N3OS2. The van der Waals surface area contributed by atoms with Crippen LogP contribution in [0.3, 0.4) is 0 Å². The fourth-order valence-electron chi connectivity index (χ4n) is 3.84. The average molecular weight is 440 g/mol. The molecule has 158 valence electrons. The van der Waals surface area contributed by atoms with Crippen LogP contribution in [0.4, 0.5) is 0 Å². The van der Waals surface area contributed by atoms with Gasteiger partial charge in [0.05, 0.1) is 12.6 Å². The van der Waals surface area contributed by atoms with E-state index in [1.807, 2.05) is 17.4 Å². The summed E-state index contributed by atoms with van der Waals surface area (Å²) < 4.78 is 0. The Morgan fingerprint density at radius 2 is 1.67 bits per heavy atom. The topological polar surface area (TPSA) is 35.6 Å². The number of amides is 1. The van der Waals surface area contributed by atoms with Crippen LogP contribution in [0.15, 0.2) is 59.3 Å². The molecule has 0 aliphatic carbocycles. The third-order valence-corrected chi connectivity index (χ3v) is 7.50. The molecule has 30 heavy (non-hydrogen) atoms. The first kappa shape index (κ1) is 21.2. The van der Waals surface area contributed by atoms with Crippen LogP contribution in [0, 0.1) is 6.92 Å². The van der Waals surface area contributed by atoms with E-state index in [9.17, 15) is 4.79 Å². The van der Waals surface area contributed by atoms with Gasteiger partial charge in [-0.25, -0.2) is 0 Å². The normalized spacial score (nSPS) is 16.4.